The van der Waals surface area contributed by atoms with Crippen LogP contribution in [-0.2, 0) is 35.7 Å². The predicted octanol–water partition coefficient (Wildman–Crippen LogP) is 2.41. The van der Waals surface area contributed by atoms with Crippen LogP contribution in [0.4, 0.5) is 0 Å². The normalized spacial score (nSPS) is 12.3. The van der Waals surface area contributed by atoms with Crippen LogP contribution in [0.15, 0.2) is 47.3 Å². The van der Waals surface area contributed by atoms with Crippen LogP contribution in [0.2, 0.25) is 0 Å². The molecule has 0 spiro atoms. The zero-order valence-corrected chi connectivity index (χ0v) is 21.2. The molecule has 0 saturated heterocycles. The monoisotopic (exact) mass is 520 g/mol. The van der Waals surface area contributed by atoms with Crippen molar-refractivity contribution in [1.29, 1.82) is 0 Å². The second kappa shape index (κ2) is 11.3. The standard InChI is InChI=1S/C26H28N6O6/c1-3-35-20-6-7-21-18(11-20)10-19(26(34)27-21)13-31(12-17-5-8-22-23(9-17)38-16-37-22)14-24-28-29-30-32(24)15-25(33)36-4-2/h5-11H,3-4,12-16H2,1-2H3,(H,27,34). The molecule has 0 amide bonds. The van der Waals surface area contributed by atoms with Gasteiger partial charge < -0.3 is 23.9 Å². The van der Waals surface area contributed by atoms with E-state index < -0.39 is 5.97 Å². The van der Waals surface area contributed by atoms with Crippen molar-refractivity contribution in [2.24, 2.45) is 0 Å². The van der Waals surface area contributed by atoms with E-state index in [4.69, 9.17) is 18.9 Å². The number of tetrazole rings is 1. The van der Waals surface area contributed by atoms with E-state index in [-0.39, 0.29) is 32.0 Å². The molecule has 198 valence electrons. The highest BCUT2D eigenvalue weighted by molar-refractivity contribution is 5.80. The zero-order chi connectivity index (χ0) is 26.5. The second-order valence-corrected chi connectivity index (χ2v) is 8.70. The lowest BCUT2D eigenvalue weighted by atomic mass is 10.1. The molecule has 2 aromatic heterocycles. The molecule has 0 atom stereocenters. The number of nitrogens with one attached hydrogen (secondary N) is 1. The predicted molar refractivity (Wildman–Crippen MR) is 136 cm³/mol. The van der Waals surface area contributed by atoms with Crippen molar-refractivity contribution in [3.8, 4) is 17.2 Å². The average molecular weight is 521 g/mol. The fraction of sp³-hybridized carbons (Fsp3) is 0.346. The maximum Gasteiger partial charge on any atom is 0.327 e. The number of esters is 1. The SMILES string of the molecule is CCOC(=O)Cn1nnnc1CN(Cc1ccc2c(c1)OCO2)Cc1cc2cc(OCC)ccc2[nH]c1=O. The molecule has 3 heterocycles. The Morgan fingerprint density at radius 3 is 2.76 bits per heavy atom. The minimum Gasteiger partial charge on any atom is -0.494 e. The Morgan fingerprint density at radius 2 is 1.92 bits per heavy atom. The van der Waals surface area contributed by atoms with E-state index in [0.29, 0.717) is 42.6 Å². The molecule has 1 N–H and O–H groups in total. The van der Waals surface area contributed by atoms with Gasteiger partial charge in [-0.25, -0.2) is 4.68 Å². The van der Waals surface area contributed by atoms with E-state index in [9.17, 15) is 9.59 Å². The maximum atomic E-state index is 13.0. The lowest BCUT2D eigenvalue weighted by Crippen LogP contribution is -2.28. The number of nitrogens with zero attached hydrogens (tertiary/aromatic N) is 5. The molecule has 38 heavy (non-hydrogen) atoms. The van der Waals surface area contributed by atoms with Crippen LogP contribution in [0.25, 0.3) is 10.9 Å². The molecule has 12 nitrogen and oxygen atoms in total. The van der Waals surface area contributed by atoms with Gasteiger partial charge in [-0.2, -0.15) is 0 Å². The third-order valence-corrected chi connectivity index (χ3v) is 6.00. The maximum absolute atomic E-state index is 13.0. The lowest BCUT2D eigenvalue weighted by molar-refractivity contribution is -0.144. The van der Waals surface area contributed by atoms with Gasteiger partial charge in [-0.15, -0.1) is 5.10 Å². The van der Waals surface area contributed by atoms with Gasteiger partial charge >= 0.3 is 5.97 Å². The molecular formula is C26H28N6O6. The first-order valence-corrected chi connectivity index (χ1v) is 12.3. The Balaban J connectivity index is 1.44. The van der Waals surface area contributed by atoms with E-state index in [1.807, 2.05) is 54.3 Å². The van der Waals surface area contributed by atoms with Crippen molar-refractivity contribution >= 4 is 16.9 Å². The third-order valence-electron chi connectivity index (χ3n) is 6.00. The number of aromatic amines is 1. The van der Waals surface area contributed by atoms with Crippen molar-refractivity contribution in [2.45, 2.75) is 40.0 Å². The van der Waals surface area contributed by atoms with E-state index >= 15 is 0 Å². The first-order valence-electron chi connectivity index (χ1n) is 12.3. The largest absolute Gasteiger partial charge is 0.494 e. The van der Waals surface area contributed by atoms with Gasteiger partial charge in [0.2, 0.25) is 6.79 Å². The number of carbonyl (C=O) groups excluding carboxylic acids is 1. The van der Waals surface area contributed by atoms with Crippen molar-refractivity contribution in [2.75, 3.05) is 20.0 Å². The quantitative estimate of drug-likeness (QED) is 0.294. The summed E-state index contributed by atoms with van der Waals surface area (Å²) in [5.41, 5.74) is 2.05. The van der Waals surface area contributed by atoms with Gasteiger partial charge in [0, 0.05) is 29.6 Å². The number of ether oxygens (including phenoxy) is 4. The summed E-state index contributed by atoms with van der Waals surface area (Å²) in [5, 5.41) is 12.7. The average Bonchev–Trinajstić information content (AvgIpc) is 3.54. The Hall–Kier alpha value is -4.45. The summed E-state index contributed by atoms with van der Waals surface area (Å²) in [6.45, 7) is 5.58. The number of hydrogen-bond donors (Lipinski definition) is 1. The molecule has 2 aromatic carbocycles. The summed E-state index contributed by atoms with van der Waals surface area (Å²) in [4.78, 5) is 30.0. The zero-order valence-electron chi connectivity index (χ0n) is 21.2. The van der Waals surface area contributed by atoms with Crippen LogP contribution >= 0.6 is 0 Å². The molecule has 1 aliphatic heterocycles. The topological polar surface area (TPSA) is 134 Å². The number of pyridine rings is 1. The number of H-pyrrole nitrogens is 1. The second-order valence-electron chi connectivity index (χ2n) is 8.70. The molecule has 12 heteroatoms. The number of aromatic nitrogens is 5. The summed E-state index contributed by atoms with van der Waals surface area (Å²) in [7, 11) is 0. The van der Waals surface area contributed by atoms with Gasteiger partial charge in [0.1, 0.15) is 12.3 Å². The summed E-state index contributed by atoms with van der Waals surface area (Å²) < 4.78 is 23.0. The van der Waals surface area contributed by atoms with Gasteiger partial charge in [0.05, 0.1) is 19.8 Å². The summed E-state index contributed by atoms with van der Waals surface area (Å²) in [6.07, 6.45) is 0. The van der Waals surface area contributed by atoms with E-state index in [1.54, 1.807) is 6.92 Å². The van der Waals surface area contributed by atoms with Gasteiger partial charge in [0.25, 0.3) is 5.56 Å². The van der Waals surface area contributed by atoms with Crippen LogP contribution < -0.4 is 19.8 Å². The summed E-state index contributed by atoms with van der Waals surface area (Å²) in [6, 6.07) is 13.1. The van der Waals surface area contributed by atoms with Gasteiger partial charge in [-0.05, 0) is 66.2 Å². The van der Waals surface area contributed by atoms with E-state index in [1.165, 1.54) is 4.68 Å². The first kappa shape index (κ1) is 25.2. The first-order chi connectivity index (χ1) is 18.5. The highest BCUT2D eigenvalue weighted by Crippen LogP contribution is 2.33. The number of carbonyl (C=O) groups is 1. The fourth-order valence-electron chi connectivity index (χ4n) is 4.30. The van der Waals surface area contributed by atoms with Crippen LogP contribution in [0, 0.1) is 0 Å². The molecule has 0 unspecified atom stereocenters. The summed E-state index contributed by atoms with van der Waals surface area (Å²) >= 11 is 0. The van der Waals surface area contributed by atoms with Crippen molar-refractivity contribution in [1.82, 2.24) is 30.1 Å². The Bertz CT molecular complexity index is 1500. The minimum absolute atomic E-state index is 0.106. The van der Waals surface area contributed by atoms with Gasteiger partial charge in [-0.1, -0.05) is 6.07 Å². The van der Waals surface area contributed by atoms with E-state index in [2.05, 4.69) is 20.5 Å². The Labute approximate surface area is 218 Å². The number of benzene rings is 2. The highest BCUT2D eigenvalue weighted by atomic mass is 16.7. The van der Waals surface area contributed by atoms with Crippen LogP contribution in [-0.4, -0.2) is 56.1 Å². The number of hydrogen-bond acceptors (Lipinski definition) is 10. The smallest absolute Gasteiger partial charge is 0.327 e. The third kappa shape index (κ3) is 5.75. The number of fused-ring (bicyclic) bond motifs is 2. The molecule has 4 aromatic rings. The number of rotatable bonds is 11. The molecule has 0 fully saturated rings. The van der Waals surface area contributed by atoms with E-state index in [0.717, 1.165) is 22.2 Å². The van der Waals surface area contributed by atoms with Crippen molar-refractivity contribution in [3.63, 3.8) is 0 Å². The minimum atomic E-state index is -0.431. The molecule has 0 radical (unpaired) electrons. The Morgan fingerprint density at radius 1 is 1.05 bits per heavy atom. The molecule has 1 aliphatic rings. The lowest BCUT2D eigenvalue weighted by Gasteiger charge is -2.22. The van der Waals surface area contributed by atoms with Crippen molar-refractivity contribution in [3.05, 3.63) is 69.8 Å². The van der Waals surface area contributed by atoms with Crippen LogP contribution in [0.1, 0.15) is 30.8 Å². The van der Waals surface area contributed by atoms with Gasteiger partial charge in [-0.3, -0.25) is 14.5 Å². The van der Waals surface area contributed by atoms with Crippen LogP contribution in [0.5, 0.6) is 17.2 Å². The molecule has 0 aliphatic carbocycles. The molecule has 0 bridgehead atoms. The molecule has 0 saturated carbocycles. The van der Waals surface area contributed by atoms with Gasteiger partial charge in [0.15, 0.2) is 17.3 Å². The van der Waals surface area contributed by atoms with Crippen molar-refractivity contribution < 1.29 is 23.7 Å². The molecule has 5 rings (SSSR count). The van der Waals surface area contributed by atoms with Crippen LogP contribution in [0.3, 0.4) is 0 Å². The molecular weight excluding hydrogens is 492 g/mol. The Kier molecular flexibility index (Phi) is 7.50. The highest BCUT2D eigenvalue weighted by Gasteiger charge is 2.19. The summed E-state index contributed by atoms with van der Waals surface area (Å²) in [5.74, 6) is 2.12. The fourth-order valence-corrected chi connectivity index (χ4v) is 4.30.